The van der Waals surface area contributed by atoms with E-state index in [1.54, 1.807) is 12.2 Å². The van der Waals surface area contributed by atoms with Gasteiger partial charge in [0, 0.05) is 0 Å². The molecule has 5 nitrogen and oxygen atoms in total. The Morgan fingerprint density at radius 3 is 2.05 bits per heavy atom. The standard InChI is InChI=1S/C14H14N4O/c1-19-14-15-17(12-8-4-2-5-9-12)18(16-14)13-10-6-3-7-11-13/h2-11H,1H3,(H,15,16). The topological polar surface area (TPSA) is 40.1 Å². The molecule has 0 spiro atoms. The highest BCUT2D eigenvalue weighted by molar-refractivity contribution is 5.81. The summed E-state index contributed by atoms with van der Waals surface area (Å²) in [5.41, 5.74) is 5.02. The lowest BCUT2D eigenvalue weighted by molar-refractivity contribution is 0.386. The van der Waals surface area contributed by atoms with Crippen molar-refractivity contribution in [3.8, 4) is 0 Å². The number of hydrazine groups is 2. The third-order valence-corrected chi connectivity index (χ3v) is 2.76. The highest BCUT2D eigenvalue weighted by atomic mass is 16.5. The quantitative estimate of drug-likeness (QED) is 0.893. The van der Waals surface area contributed by atoms with Crippen molar-refractivity contribution in [1.29, 1.82) is 0 Å². The lowest BCUT2D eigenvalue weighted by Gasteiger charge is -2.27. The second-order valence-electron chi connectivity index (χ2n) is 3.99. The summed E-state index contributed by atoms with van der Waals surface area (Å²) in [7, 11) is 1.59. The zero-order valence-electron chi connectivity index (χ0n) is 10.5. The van der Waals surface area contributed by atoms with Gasteiger partial charge in [0.15, 0.2) is 0 Å². The van der Waals surface area contributed by atoms with Crippen LogP contribution in [-0.4, -0.2) is 13.1 Å². The number of hydrogen-bond donors (Lipinski definition) is 1. The van der Waals surface area contributed by atoms with Crippen LogP contribution in [-0.2, 0) is 4.74 Å². The van der Waals surface area contributed by atoms with Crippen LogP contribution in [0.5, 0.6) is 0 Å². The molecule has 0 saturated carbocycles. The predicted molar refractivity (Wildman–Crippen MR) is 75.4 cm³/mol. The minimum atomic E-state index is 0.452. The summed E-state index contributed by atoms with van der Waals surface area (Å²) in [4.78, 5) is 0. The van der Waals surface area contributed by atoms with Crippen LogP contribution in [0.1, 0.15) is 0 Å². The second-order valence-corrected chi connectivity index (χ2v) is 3.99. The predicted octanol–water partition coefficient (Wildman–Crippen LogP) is 2.35. The van der Waals surface area contributed by atoms with Crippen molar-refractivity contribution in [3.05, 3.63) is 60.7 Å². The maximum absolute atomic E-state index is 5.17. The third kappa shape index (κ3) is 2.18. The number of hydrazone groups is 1. The fraction of sp³-hybridized carbons (Fsp3) is 0.0714. The van der Waals surface area contributed by atoms with Crippen LogP contribution in [0.2, 0.25) is 0 Å². The van der Waals surface area contributed by atoms with E-state index in [0.29, 0.717) is 6.02 Å². The molecule has 1 aliphatic heterocycles. The molecule has 5 heteroatoms. The fourth-order valence-electron chi connectivity index (χ4n) is 1.86. The molecule has 0 aromatic heterocycles. The van der Waals surface area contributed by atoms with Crippen LogP contribution in [0, 0.1) is 0 Å². The number of benzene rings is 2. The van der Waals surface area contributed by atoms with Gasteiger partial charge in [-0.15, -0.1) is 5.12 Å². The summed E-state index contributed by atoms with van der Waals surface area (Å²) in [6.07, 6.45) is 0. The maximum atomic E-state index is 5.17. The third-order valence-electron chi connectivity index (χ3n) is 2.76. The van der Waals surface area contributed by atoms with Gasteiger partial charge in [-0.1, -0.05) is 41.5 Å². The molecule has 0 radical (unpaired) electrons. The summed E-state index contributed by atoms with van der Waals surface area (Å²) < 4.78 is 5.17. The molecular weight excluding hydrogens is 240 g/mol. The lowest BCUT2D eigenvalue weighted by atomic mass is 10.3. The summed E-state index contributed by atoms with van der Waals surface area (Å²) in [6.45, 7) is 0. The van der Waals surface area contributed by atoms with Gasteiger partial charge in [-0.2, -0.15) is 5.12 Å². The van der Waals surface area contributed by atoms with Gasteiger partial charge < -0.3 is 4.74 Å². The number of amidine groups is 1. The van der Waals surface area contributed by atoms with E-state index in [1.165, 1.54) is 0 Å². The van der Waals surface area contributed by atoms with Gasteiger partial charge in [-0.25, -0.2) is 5.43 Å². The second kappa shape index (κ2) is 4.89. The highest BCUT2D eigenvalue weighted by Gasteiger charge is 2.25. The van der Waals surface area contributed by atoms with E-state index >= 15 is 0 Å². The summed E-state index contributed by atoms with van der Waals surface area (Å²) in [6, 6.07) is 20.3. The Kier molecular flexibility index (Phi) is 2.94. The molecule has 0 unspecified atom stereocenters. The molecule has 2 aromatic carbocycles. The molecule has 0 saturated heterocycles. The Bertz CT molecular complexity index is 571. The maximum Gasteiger partial charge on any atom is 0.329 e. The molecule has 19 heavy (non-hydrogen) atoms. The van der Waals surface area contributed by atoms with Gasteiger partial charge in [0.25, 0.3) is 0 Å². The van der Waals surface area contributed by atoms with Gasteiger partial charge in [-0.05, 0) is 24.3 Å². The Morgan fingerprint density at radius 1 is 0.895 bits per heavy atom. The van der Waals surface area contributed by atoms with Gasteiger partial charge >= 0.3 is 6.02 Å². The van der Waals surface area contributed by atoms with Crippen molar-refractivity contribution in [1.82, 2.24) is 5.43 Å². The van der Waals surface area contributed by atoms with Gasteiger partial charge in [0.2, 0.25) is 0 Å². The zero-order valence-corrected chi connectivity index (χ0v) is 10.5. The first-order valence-corrected chi connectivity index (χ1v) is 5.98. The van der Waals surface area contributed by atoms with Crippen molar-refractivity contribution in [3.63, 3.8) is 0 Å². The van der Waals surface area contributed by atoms with E-state index in [4.69, 9.17) is 4.74 Å². The largest absolute Gasteiger partial charge is 0.466 e. The smallest absolute Gasteiger partial charge is 0.329 e. The number of methoxy groups -OCH3 is 1. The van der Waals surface area contributed by atoms with Crippen molar-refractivity contribution in [2.24, 2.45) is 5.10 Å². The number of anilines is 2. The SMILES string of the molecule is COC1=NN(c2ccccc2)N(c2ccccc2)N1. The number of nitrogens with zero attached hydrogens (tertiary/aromatic N) is 3. The van der Waals surface area contributed by atoms with Crippen LogP contribution in [0.4, 0.5) is 11.4 Å². The summed E-state index contributed by atoms with van der Waals surface area (Å²) >= 11 is 0. The average Bonchev–Trinajstić information content (AvgIpc) is 2.93. The Hall–Kier alpha value is -2.69. The zero-order chi connectivity index (χ0) is 13.1. The Labute approximate surface area is 111 Å². The lowest BCUT2D eigenvalue weighted by Crippen LogP contribution is -2.44. The molecule has 0 fully saturated rings. The van der Waals surface area contributed by atoms with Gasteiger partial charge in [0.05, 0.1) is 18.5 Å². The van der Waals surface area contributed by atoms with E-state index in [9.17, 15) is 0 Å². The van der Waals surface area contributed by atoms with Gasteiger partial charge in [0.1, 0.15) is 0 Å². The van der Waals surface area contributed by atoms with Crippen molar-refractivity contribution < 1.29 is 4.74 Å². The van der Waals surface area contributed by atoms with E-state index < -0.39 is 0 Å². The average molecular weight is 254 g/mol. The molecule has 3 rings (SSSR count). The first kappa shape index (κ1) is 11.4. The van der Waals surface area contributed by atoms with Crippen molar-refractivity contribution in [2.75, 3.05) is 17.3 Å². The van der Waals surface area contributed by atoms with E-state index in [0.717, 1.165) is 11.4 Å². The fourth-order valence-corrected chi connectivity index (χ4v) is 1.86. The minimum absolute atomic E-state index is 0.452. The number of rotatable bonds is 2. The number of nitrogens with one attached hydrogen (secondary N) is 1. The molecule has 0 atom stereocenters. The monoisotopic (exact) mass is 254 g/mol. The Balaban J connectivity index is 1.96. The number of ether oxygens (including phenoxy) is 1. The van der Waals surface area contributed by atoms with Crippen LogP contribution in [0.3, 0.4) is 0 Å². The molecule has 1 heterocycles. The molecule has 1 aliphatic rings. The molecule has 1 N–H and O–H groups in total. The van der Waals surface area contributed by atoms with Crippen molar-refractivity contribution in [2.45, 2.75) is 0 Å². The summed E-state index contributed by atoms with van der Waals surface area (Å²) in [5, 5.41) is 7.96. The van der Waals surface area contributed by atoms with E-state index in [2.05, 4.69) is 10.5 Å². The molecule has 0 amide bonds. The van der Waals surface area contributed by atoms with Crippen LogP contribution in [0.25, 0.3) is 0 Å². The van der Waals surface area contributed by atoms with E-state index in [-0.39, 0.29) is 0 Å². The number of hydrogen-bond acceptors (Lipinski definition) is 5. The van der Waals surface area contributed by atoms with Crippen LogP contribution < -0.4 is 15.7 Å². The van der Waals surface area contributed by atoms with Crippen LogP contribution >= 0.6 is 0 Å². The number of para-hydroxylation sites is 2. The first-order valence-electron chi connectivity index (χ1n) is 5.98. The van der Waals surface area contributed by atoms with E-state index in [1.807, 2.05) is 65.8 Å². The van der Waals surface area contributed by atoms with Crippen molar-refractivity contribution >= 4 is 17.4 Å². The highest BCUT2D eigenvalue weighted by Crippen LogP contribution is 2.23. The molecule has 96 valence electrons. The summed E-state index contributed by atoms with van der Waals surface area (Å²) in [5.74, 6) is 0. The molecular formula is C14H14N4O. The van der Waals surface area contributed by atoms with Gasteiger partial charge in [-0.3, -0.25) is 0 Å². The van der Waals surface area contributed by atoms with Crippen LogP contribution in [0.15, 0.2) is 65.8 Å². The first-order chi connectivity index (χ1) is 9.38. The normalized spacial score (nSPS) is 14.1. The molecule has 0 aliphatic carbocycles. The molecule has 2 aromatic rings. The minimum Gasteiger partial charge on any atom is -0.466 e. The Morgan fingerprint density at radius 2 is 1.47 bits per heavy atom. The molecule has 0 bridgehead atoms.